The molecule has 0 saturated heterocycles. The molecule has 0 radical (unpaired) electrons. The summed E-state index contributed by atoms with van der Waals surface area (Å²) in [6, 6.07) is -0.755. The van der Waals surface area contributed by atoms with Crippen LogP contribution in [0.15, 0.2) is 12.2 Å². The molecule has 0 saturated carbocycles. The van der Waals surface area contributed by atoms with Crippen LogP contribution in [-0.2, 0) is 18.4 Å². The highest BCUT2D eigenvalue weighted by atomic mass is 31.2. The molecule has 0 heterocycles. The third-order valence-electron chi connectivity index (χ3n) is 11.3. The number of carbonyl (C=O) groups is 1. The Morgan fingerprint density at radius 3 is 1.35 bits per heavy atom. The first-order valence-corrected chi connectivity index (χ1v) is 26.0. The number of likely N-dealkylation sites (N-methyl/N-ethyl adjacent to an activating group) is 1. The van der Waals surface area contributed by atoms with Gasteiger partial charge in [0.15, 0.2) is 0 Å². The molecule has 0 aliphatic carbocycles. The minimum Gasteiger partial charge on any atom is -0.391 e. The highest BCUT2D eigenvalue weighted by Crippen LogP contribution is 2.43. The molecule has 3 atom stereocenters. The van der Waals surface area contributed by atoms with E-state index in [0.717, 1.165) is 38.5 Å². The lowest BCUT2D eigenvalue weighted by Crippen LogP contribution is -2.46. The van der Waals surface area contributed by atoms with E-state index in [9.17, 15) is 19.4 Å². The molecule has 0 bridgehead atoms. The molecule has 8 nitrogen and oxygen atoms in total. The topological polar surface area (TPSA) is 105 Å². The number of quaternary nitrogens is 1. The van der Waals surface area contributed by atoms with E-state index in [4.69, 9.17) is 9.05 Å². The maximum atomic E-state index is 12.9. The Hall–Kier alpha value is -0.760. The number of aliphatic hydroxyl groups excluding tert-OH is 1. The summed E-state index contributed by atoms with van der Waals surface area (Å²) in [4.78, 5) is 23.1. The zero-order valence-electron chi connectivity index (χ0n) is 38.6. The monoisotopic (exact) mass is 830 g/mol. The Balaban J connectivity index is 4.06. The van der Waals surface area contributed by atoms with Gasteiger partial charge in [0.2, 0.25) is 5.91 Å². The number of hydrogen-bond donors (Lipinski definition) is 3. The number of phosphoric ester groups is 1. The van der Waals surface area contributed by atoms with E-state index in [-0.39, 0.29) is 19.1 Å². The second kappa shape index (κ2) is 40.6. The number of rotatable bonds is 45. The van der Waals surface area contributed by atoms with Gasteiger partial charge in [0.25, 0.3) is 0 Å². The Morgan fingerprint density at radius 2 is 0.947 bits per heavy atom. The van der Waals surface area contributed by atoms with Crippen LogP contribution in [0.3, 0.4) is 0 Å². The molecule has 3 N–H and O–H groups in total. The van der Waals surface area contributed by atoms with E-state index < -0.39 is 20.0 Å². The minimum absolute atomic E-state index is 0.0761. The lowest BCUT2D eigenvalue weighted by atomic mass is 10.0. The first kappa shape index (κ1) is 56.2. The van der Waals surface area contributed by atoms with Crippen molar-refractivity contribution < 1.29 is 32.9 Å². The normalized spacial score (nSPS) is 14.3. The van der Waals surface area contributed by atoms with Crippen LogP contribution in [0.25, 0.3) is 0 Å². The lowest BCUT2D eigenvalue weighted by Gasteiger charge is -2.26. The lowest BCUT2D eigenvalue weighted by molar-refractivity contribution is -0.870. The minimum atomic E-state index is -4.31. The van der Waals surface area contributed by atoms with Crippen molar-refractivity contribution >= 4 is 13.7 Å². The van der Waals surface area contributed by atoms with E-state index in [0.29, 0.717) is 23.9 Å². The Labute approximate surface area is 354 Å². The predicted molar refractivity (Wildman–Crippen MR) is 245 cm³/mol. The van der Waals surface area contributed by atoms with Gasteiger partial charge in [0, 0.05) is 6.42 Å². The average molecular weight is 830 g/mol. The van der Waals surface area contributed by atoms with Gasteiger partial charge < -0.3 is 19.8 Å². The molecule has 57 heavy (non-hydrogen) atoms. The maximum absolute atomic E-state index is 12.9. The zero-order valence-corrected chi connectivity index (χ0v) is 39.5. The number of amides is 1. The number of phosphoric acid groups is 1. The van der Waals surface area contributed by atoms with Gasteiger partial charge in [-0.25, -0.2) is 4.57 Å². The summed E-state index contributed by atoms with van der Waals surface area (Å²) in [6.07, 6.45) is 46.9. The number of unbranched alkanes of at least 4 members (excludes halogenated alkanes) is 30. The first-order chi connectivity index (χ1) is 27.5. The van der Waals surface area contributed by atoms with Crippen molar-refractivity contribution in [1.82, 2.24) is 5.32 Å². The molecule has 0 aliphatic rings. The highest BCUT2D eigenvalue weighted by Gasteiger charge is 2.28. The van der Waals surface area contributed by atoms with Gasteiger partial charge in [-0.2, -0.15) is 0 Å². The van der Waals surface area contributed by atoms with Crippen molar-refractivity contribution in [2.45, 2.75) is 251 Å². The largest absolute Gasteiger partial charge is 0.472 e. The third-order valence-corrected chi connectivity index (χ3v) is 12.2. The van der Waals surface area contributed by atoms with E-state index >= 15 is 0 Å². The summed E-state index contributed by atoms with van der Waals surface area (Å²) in [6.45, 7) is 4.88. The number of nitrogens with zero attached hydrogens (tertiary/aromatic N) is 1. The maximum Gasteiger partial charge on any atom is 0.472 e. The third kappa shape index (κ3) is 43.1. The summed E-state index contributed by atoms with van der Waals surface area (Å²) in [5, 5.41) is 13.9. The smallest absolute Gasteiger partial charge is 0.391 e. The fourth-order valence-electron chi connectivity index (χ4n) is 7.34. The van der Waals surface area contributed by atoms with Gasteiger partial charge in [0.1, 0.15) is 13.2 Å². The van der Waals surface area contributed by atoms with E-state index in [1.54, 1.807) is 0 Å². The second-order valence-electron chi connectivity index (χ2n) is 18.2. The summed E-state index contributed by atoms with van der Waals surface area (Å²) in [5.41, 5.74) is 0. The molecule has 3 unspecified atom stereocenters. The summed E-state index contributed by atoms with van der Waals surface area (Å²) in [5.74, 6) is -0.146. The van der Waals surface area contributed by atoms with Gasteiger partial charge >= 0.3 is 7.82 Å². The molecule has 0 aliphatic heterocycles. The number of allylic oxidation sites excluding steroid dienone is 2. The molecule has 0 fully saturated rings. The van der Waals surface area contributed by atoms with Crippen LogP contribution in [-0.4, -0.2) is 73.4 Å². The Kier molecular flexibility index (Phi) is 40.1. The van der Waals surface area contributed by atoms with Crippen LogP contribution < -0.4 is 5.32 Å². The molecule has 0 spiro atoms. The van der Waals surface area contributed by atoms with Crippen molar-refractivity contribution in [3.05, 3.63) is 12.2 Å². The summed E-state index contributed by atoms with van der Waals surface area (Å²) >= 11 is 0. The number of hydrogen-bond acceptors (Lipinski definition) is 5. The van der Waals surface area contributed by atoms with Crippen LogP contribution >= 0.6 is 7.82 Å². The predicted octanol–water partition coefficient (Wildman–Crippen LogP) is 13.9. The van der Waals surface area contributed by atoms with E-state index in [1.807, 2.05) is 21.1 Å². The summed E-state index contributed by atoms with van der Waals surface area (Å²) < 4.78 is 23.6. The van der Waals surface area contributed by atoms with Crippen molar-refractivity contribution in [1.29, 1.82) is 0 Å². The fraction of sp³-hybridized carbons (Fsp3) is 0.938. The van der Waals surface area contributed by atoms with Crippen molar-refractivity contribution in [2.75, 3.05) is 40.9 Å². The highest BCUT2D eigenvalue weighted by molar-refractivity contribution is 7.47. The van der Waals surface area contributed by atoms with Gasteiger partial charge in [-0.3, -0.25) is 13.8 Å². The Morgan fingerprint density at radius 1 is 0.579 bits per heavy atom. The van der Waals surface area contributed by atoms with Gasteiger partial charge in [-0.15, -0.1) is 0 Å². The van der Waals surface area contributed by atoms with Gasteiger partial charge in [-0.1, -0.05) is 206 Å². The molecule has 9 heteroatoms. The fourth-order valence-corrected chi connectivity index (χ4v) is 8.07. The first-order valence-electron chi connectivity index (χ1n) is 24.6. The second-order valence-corrected chi connectivity index (χ2v) is 19.6. The molecule has 0 aromatic heterocycles. The molecular weight excluding hydrogens is 732 g/mol. The zero-order chi connectivity index (χ0) is 42.1. The van der Waals surface area contributed by atoms with Crippen molar-refractivity contribution in [3.63, 3.8) is 0 Å². The van der Waals surface area contributed by atoms with Crippen molar-refractivity contribution in [2.24, 2.45) is 0 Å². The standard InChI is InChI=1S/C48H97N2O6P/c1-6-8-10-12-14-16-17-18-19-20-21-22-23-24-25-26-27-28-29-30-31-32-34-36-38-40-42-48(52)49-46(45-56-57(53,54)55-44-43-50(3,4)5)47(51)41-39-37-35-33-15-13-11-9-7-2/h24-25,46-47,51H,6-23,26-45H2,1-5H3,(H-,49,52,53,54)/p+1/b25-24-. The molecule has 0 rings (SSSR count). The SMILES string of the molecule is CCCCCCCCCCCCCC/C=C\CCCCCCCCCCCCC(=O)NC(COP(=O)(O)OCC[N+](C)(C)C)C(O)CCCCCCCCCCC. The van der Waals surface area contributed by atoms with Gasteiger partial charge in [0.05, 0.1) is 39.9 Å². The molecule has 1 amide bonds. The van der Waals surface area contributed by atoms with Crippen molar-refractivity contribution in [3.8, 4) is 0 Å². The van der Waals surface area contributed by atoms with E-state index in [2.05, 4.69) is 31.3 Å². The number of aliphatic hydroxyl groups is 1. The molecular formula is C48H98N2O6P+. The molecule has 0 aromatic rings. The number of carbonyl (C=O) groups excluding carboxylic acids is 1. The van der Waals surface area contributed by atoms with Crippen LogP contribution in [0, 0.1) is 0 Å². The van der Waals surface area contributed by atoms with Crippen LogP contribution in [0.5, 0.6) is 0 Å². The number of nitrogens with one attached hydrogen (secondary N) is 1. The van der Waals surface area contributed by atoms with Crippen LogP contribution in [0.4, 0.5) is 0 Å². The van der Waals surface area contributed by atoms with E-state index in [1.165, 1.54) is 173 Å². The van der Waals surface area contributed by atoms with Crippen LogP contribution in [0.1, 0.15) is 239 Å². The quantitative estimate of drug-likeness (QED) is 0.0244. The Bertz CT molecular complexity index is 942. The molecule has 0 aromatic carbocycles. The average Bonchev–Trinajstić information content (AvgIpc) is 3.16. The van der Waals surface area contributed by atoms with Gasteiger partial charge in [-0.05, 0) is 38.5 Å². The molecule has 340 valence electrons. The van der Waals surface area contributed by atoms with Crippen LogP contribution in [0.2, 0.25) is 0 Å². The summed E-state index contributed by atoms with van der Waals surface area (Å²) in [7, 11) is 1.62.